The predicted octanol–water partition coefficient (Wildman–Crippen LogP) is 2.73. The van der Waals surface area contributed by atoms with E-state index in [1.54, 1.807) is 0 Å². The standard InChI is InChI=1S/C13H23N3/c1-10-5-3-4-6-12(10)8-16-9-15-7-13(16)11(2)14/h7,9-12H,3-6,8,14H2,1-2H3/t10?,11-,12?/m0/s1. The van der Waals surface area contributed by atoms with Crippen LogP contribution in [0.1, 0.15) is 51.3 Å². The molecule has 0 spiro atoms. The molecule has 1 heterocycles. The van der Waals surface area contributed by atoms with Gasteiger partial charge in [-0.1, -0.05) is 26.2 Å². The normalized spacial score (nSPS) is 27.9. The third kappa shape index (κ3) is 2.46. The Morgan fingerprint density at radius 1 is 1.50 bits per heavy atom. The molecule has 3 nitrogen and oxygen atoms in total. The minimum absolute atomic E-state index is 0.0846. The maximum Gasteiger partial charge on any atom is 0.0948 e. The van der Waals surface area contributed by atoms with Crippen LogP contribution in [0, 0.1) is 11.8 Å². The molecule has 2 rings (SSSR count). The van der Waals surface area contributed by atoms with E-state index in [0.717, 1.165) is 24.1 Å². The van der Waals surface area contributed by atoms with Gasteiger partial charge in [-0.3, -0.25) is 0 Å². The second-order valence-corrected chi connectivity index (χ2v) is 5.28. The molecule has 0 aromatic carbocycles. The largest absolute Gasteiger partial charge is 0.333 e. The Bertz CT molecular complexity index is 330. The van der Waals surface area contributed by atoms with Crippen molar-refractivity contribution in [1.29, 1.82) is 0 Å². The Labute approximate surface area is 98.1 Å². The number of hydrogen-bond acceptors (Lipinski definition) is 2. The van der Waals surface area contributed by atoms with E-state index < -0.39 is 0 Å². The van der Waals surface area contributed by atoms with Gasteiger partial charge < -0.3 is 10.3 Å². The Morgan fingerprint density at radius 3 is 2.94 bits per heavy atom. The zero-order valence-electron chi connectivity index (χ0n) is 10.4. The Morgan fingerprint density at radius 2 is 2.25 bits per heavy atom. The van der Waals surface area contributed by atoms with E-state index in [4.69, 9.17) is 5.73 Å². The molecule has 0 radical (unpaired) electrons. The van der Waals surface area contributed by atoms with Crippen LogP contribution in [0.2, 0.25) is 0 Å². The predicted molar refractivity (Wildman–Crippen MR) is 66.0 cm³/mol. The van der Waals surface area contributed by atoms with Crippen LogP contribution in [-0.2, 0) is 6.54 Å². The zero-order valence-corrected chi connectivity index (χ0v) is 10.4. The van der Waals surface area contributed by atoms with Crippen LogP contribution in [0.5, 0.6) is 0 Å². The molecule has 1 aromatic heterocycles. The van der Waals surface area contributed by atoms with E-state index >= 15 is 0 Å². The van der Waals surface area contributed by atoms with E-state index in [1.165, 1.54) is 25.7 Å². The van der Waals surface area contributed by atoms with Crippen molar-refractivity contribution in [3.05, 3.63) is 18.2 Å². The van der Waals surface area contributed by atoms with E-state index in [9.17, 15) is 0 Å². The van der Waals surface area contributed by atoms with Gasteiger partial charge in [0.1, 0.15) is 0 Å². The molecular formula is C13H23N3. The van der Waals surface area contributed by atoms with Crippen molar-refractivity contribution in [2.45, 2.75) is 52.1 Å². The molecule has 90 valence electrons. The highest BCUT2D eigenvalue weighted by Crippen LogP contribution is 2.31. The summed E-state index contributed by atoms with van der Waals surface area (Å²) < 4.78 is 2.25. The third-order valence-corrected chi connectivity index (χ3v) is 3.93. The van der Waals surface area contributed by atoms with Gasteiger partial charge in [0.2, 0.25) is 0 Å². The van der Waals surface area contributed by atoms with Crippen LogP contribution < -0.4 is 5.73 Å². The van der Waals surface area contributed by atoms with Crippen LogP contribution in [0.25, 0.3) is 0 Å². The van der Waals surface area contributed by atoms with E-state index in [1.807, 2.05) is 19.4 Å². The smallest absolute Gasteiger partial charge is 0.0948 e. The van der Waals surface area contributed by atoms with E-state index in [-0.39, 0.29) is 6.04 Å². The number of aromatic nitrogens is 2. The number of imidazole rings is 1. The van der Waals surface area contributed by atoms with E-state index in [2.05, 4.69) is 16.5 Å². The highest BCUT2D eigenvalue weighted by atomic mass is 15.1. The van der Waals surface area contributed by atoms with Crippen LogP contribution in [0.3, 0.4) is 0 Å². The first-order valence-corrected chi connectivity index (χ1v) is 6.44. The summed E-state index contributed by atoms with van der Waals surface area (Å²) in [5.74, 6) is 1.65. The molecule has 1 aliphatic rings. The Hall–Kier alpha value is -0.830. The van der Waals surface area contributed by atoms with Crippen molar-refractivity contribution in [2.24, 2.45) is 17.6 Å². The van der Waals surface area contributed by atoms with Gasteiger partial charge in [-0.15, -0.1) is 0 Å². The molecule has 0 saturated heterocycles. The highest BCUT2D eigenvalue weighted by molar-refractivity contribution is 5.03. The molecule has 3 atom stereocenters. The second-order valence-electron chi connectivity index (χ2n) is 5.28. The second kappa shape index (κ2) is 5.00. The Kier molecular flexibility index (Phi) is 3.64. The molecule has 0 amide bonds. The molecule has 2 N–H and O–H groups in total. The lowest BCUT2D eigenvalue weighted by Crippen LogP contribution is -2.23. The summed E-state index contributed by atoms with van der Waals surface area (Å²) in [6.45, 7) is 5.50. The minimum Gasteiger partial charge on any atom is -0.333 e. The van der Waals surface area contributed by atoms with Crippen LogP contribution in [0.15, 0.2) is 12.5 Å². The maximum absolute atomic E-state index is 5.94. The number of nitrogens with two attached hydrogens (primary N) is 1. The summed E-state index contributed by atoms with van der Waals surface area (Å²) in [4.78, 5) is 4.22. The molecule has 0 bridgehead atoms. The van der Waals surface area contributed by atoms with Gasteiger partial charge in [-0.2, -0.15) is 0 Å². The van der Waals surface area contributed by atoms with Crippen molar-refractivity contribution in [3.8, 4) is 0 Å². The Balaban J connectivity index is 2.04. The minimum atomic E-state index is 0.0846. The molecule has 1 saturated carbocycles. The lowest BCUT2D eigenvalue weighted by atomic mass is 9.80. The number of hydrogen-bond donors (Lipinski definition) is 1. The van der Waals surface area contributed by atoms with Crippen molar-refractivity contribution < 1.29 is 0 Å². The van der Waals surface area contributed by atoms with Crippen LogP contribution >= 0.6 is 0 Å². The molecule has 2 unspecified atom stereocenters. The van der Waals surface area contributed by atoms with Crippen LogP contribution in [0.4, 0.5) is 0 Å². The molecule has 16 heavy (non-hydrogen) atoms. The van der Waals surface area contributed by atoms with Crippen molar-refractivity contribution in [2.75, 3.05) is 0 Å². The fourth-order valence-electron chi connectivity index (χ4n) is 2.78. The van der Waals surface area contributed by atoms with Gasteiger partial charge in [0.05, 0.1) is 12.0 Å². The van der Waals surface area contributed by atoms with Crippen molar-refractivity contribution in [3.63, 3.8) is 0 Å². The van der Waals surface area contributed by atoms with Gasteiger partial charge in [0.15, 0.2) is 0 Å². The third-order valence-electron chi connectivity index (χ3n) is 3.93. The summed E-state index contributed by atoms with van der Waals surface area (Å²) in [7, 11) is 0. The molecule has 1 aromatic rings. The fraction of sp³-hybridized carbons (Fsp3) is 0.769. The maximum atomic E-state index is 5.94. The number of nitrogens with zero attached hydrogens (tertiary/aromatic N) is 2. The van der Waals surface area contributed by atoms with Crippen molar-refractivity contribution in [1.82, 2.24) is 9.55 Å². The first-order valence-electron chi connectivity index (χ1n) is 6.44. The van der Waals surface area contributed by atoms with Crippen LogP contribution in [-0.4, -0.2) is 9.55 Å². The molecule has 3 heteroatoms. The van der Waals surface area contributed by atoms with Crippen molar-refractivity contribution >= 4 is 0 Å². The monoisotopic (exact) mass is 221 g/mol. The average Bonchev–Trinajstić information content (AvgIpc) is 2.69. The average molecular weight is 221 g/mol. The molecule has 0 aliphatic heterocycles. The summed E-state index contributed by atoms with van der Waals surface area (Å²) in [5, 5.41) is 0. The van der Waals surface area contributed by atoms with Gasteiger partial charge in [-0.05, 0) is 25.2 Å². The zero-order chi connectivity index (χ0) is 11.5. The van der Waals surface area contributed by atoms with Gasteiger partial charge in [-0.25, -0.2) is 4.98 Å². The first kappa shape index (κ1) is 11.6. The lowest BCUT2D eigenvalue weighted by Gasteiger charge is -2.29. The van der Waals surface area contributed by atoms with Gasteiger partial charge in [0, 0.05) is 18.8 Å². The molecule has 1 fully saturated rings. The summed E-state index contributed by atoms with van der Waals surface area (Å²) in [6.07, 6.45) is 9.36. The van der Waals surface area contributed by atoms with E-state index in [0.29, 0.717) is 0 Å². The lowest BCUT2D eigenvalue weighted by molar-refractivity contribution is 0.226. The summed E-state index contributed by atoms with van der Waals surface area (Å²) >= 11 is 0. The first-order chi connectivity index (χ1) is 7.68. The highest BCUT2D eigenvalue weighted by Gasteiger charge is 2.22. The quantitative estimate of drug-likeness (QED) is 0.853. The molecule has 1 aliphatic carbocycles. The van der Waals surface area contributed by atoms with Gasteiger partial charge in [0.25, 0.3) is 0 Å². The molecular weight excluding hydrogens is 198 g/mol. The summed E-state index contributed by atoms with van der Waals surface area (Å²) in [6, 6.07) is 0.0846. The fourth-order valence-corrected chi connectivity index (χ4v) is 2.78. The summed E-state index contributed by atoms with van der Waals surface area (Å²) in [5.41, 5.74) is 7.10. The SMILES string of the molecule is CC1CCCCC1Cn1cncc1[C@H](C)N. The topological polar surface area (TPSA) is 43.8 Å². The van der Waals surface area contributed by atoms with Gasteiger partial charge >= 0.3 is 0 Å². The number of rotatable bonds is 3.